The summed E-state index contributed by atoms with van der Waals surface area (Å²) >= 11 is 0. The second kappa shape index (κ2) is 7.13. The average molecular weight is 323 g/mol. The fraction of sp³-hybridized carbons (Fsp3) is 0.150. The van der Waals surface area contributed by atoms with Crippen LogP contribution in [0.2, 0.25) is 0 Å². The molecule has 3 aromatic carbocycles. The normalized spacial score (nSPS) is 10.6. The van der Waals surface area contributed by atoms with Gasteiger partial charge in [0.15, 0.2) is 11.6 Å². The van der Waals surface area contributed by atoms with E-state index in [1.807, 2.05) is 42.5 Å². The first-order valence-corrected chi connectivity index (χ1v) is 7.77. The maximum absolute atomic E-state index is 13.5. The van der Waals surface area contributed by atoms with E-state index in [4.69, 9.17) is 4.74 Å². The van der Waals surface area contributed by atoms with Crippen molar-refractivity contribution in [3.8, 4) is 5.75 Å². The van der Waals surface area contributed by atoms with Gasteiger partial charge in [-0.3, -0.25) is 4.79 Å². The lowest BCUT2D eigenvalue weighted by Gasteiger charge is -2.18. The molecule has 0 heterocycles. The van der Waals surface area contributed by atoms with Gasteiger partial charge in [0.2, 0.25) is 0 Å². The van der Waals surface area contributed by atoms with Crippen molar-refractivity contribution in [3.05, 3.63) is 78.1 Å². The largest absolute Gasteiger partial charge is 0.489 e. The van der Waals surface area contributed by atoms with Crippen LogP contribution in [0.25, 0.3) is 10.8 Å². The number of carbonyl (C=O) groups is 1. The molecule has 3 nitrogen and oxygen atoms in total. The molecule has 0 aliphatic heterocycles. The Kier molecular flexibility index (Phi) is 4.75. The van der Waals surface area contributed by atoms with Gasteiger partial charge in [0.1, 0.15) is 6.61 Å². The summed E-state index contributed by atoms with van der Waals surface area (Å²) < 4.78 is 18.9. The predicted octanol–water partition coefficient (Wildman–Crippen LogP) is 4.13. The maximum atomic E-state index is 13.5. The van der Waals surface area contributed by atoms with E-state index in [9.17, 15) is 9.18 Å². The minimum Gasteiger partial charge on any atom is -0.489 e. The molecule has 0 bridgehead atoms. The number of amides is 1. The molecule has 3 aromatic rings. The summed E-state index contributed by atoms with van der Waals surface area (Å²) in [6.45, 7) is 0.608. The van der Waals surface area contributed by atoms with Crippen molar-refractivity contribution >= 4 is 16.7 Å². The Morgan fingerprint density at radius 1 is 1.00 bits per heavy atom. The standard InChI is InChI=1S/C20H18FNO2/c1-22(12-13-24-19-9-5-4-8-18(19)21)20(23)17-11-10-15-6-2-3-7-16(15)14-17/h2-11,14H,12-13H2,1H3. The van der Waals surface area contributed by atoms with Crippen LogP contribution in [-0.4, -0.2) is 31.0 Å². The lowest BCUT2D eigenvalue weighted by Crippen LogP contribution is -2.30. The van der Waals surface area contributed by atoms with Crippen LogP contribution in [0.1, 0.15) is 10.4 Å². The van der Waals surface area contributed by atoms with E-state index >= 15 is 0 Å². The number of likely N-dealkylation sites (N-methyl/N-ethyl adjacent to an activating group) is 1. The van der Waals surface area contributed by atoms with Gasteiger partial charge in [-0.1, -0.05) is 42.5 Å². The van der Waals surface area contributed by atoms with Crippen LogP contribution in [0.3, 0.4) is 0 Å². The van der Waals surface area contributed by atoms with Gasteiger partial charge in [-0.15, -0.1) is 0 Å². The first-order valence-electron chi connectivity index (χ1n) is 7.77. The Labute approximate surface area is 140 Å². The number of hydrogen-bond acceptors (Lipinski definition) is 2. The molecule has 0 aliphatic rings. The minimum atomic E-state index is -0.402. The van der Waals surface area contributed by atoms with E-state index in [1.54, 1.807) is 30.1 Å². The van der Waals surface area contributed by atoms with Gasteiger partial charge in [0, 0.05) is 12.6 Å². The number of benzene rings is 3. The minimum absolute atomic E-state index is 0.0853. The van der Waals surface area contributed by atoms with Gasteiger partial charge < -0.3 is 9.64 Å². The third-order valence-electron chi connectivity index (χ3n) is 3.86. The number of halogens is 1. The summed E-state index contributed by atoms with van der Waals surface area (Å²) in [4.78, 5) is 14.1. The second-order valence-electron chi connectivity index (χ2n) is 5.57. The van der Waals surface area contributed by atoms with E-state index in [1.165, 1.54) is 6.07 Å². The summed E-state index contributed by atoms with van der Waals surface area (Å²) in [6.07, 6.45) is 0. The van der Waals surface area contributed by atoms with Crippen molar-refractivity contribution in [2.75, 3.05) is 20.2 Å². The van der Waals surface area contributed by atoms with Gasteiger partial charge in [-0.05, 0) is 35.0 Å². The summed E-state index contributed by atoms with van der Waals surface area (Å²) in [5.74, 6) is -0.289. The van der Waals surface area contributed by atoms with Crippen LogP contribution >= 0.6 is 0 Å². The zero-order valence-electron chi connectivity index (χ0n) is 13.4. The van der Waals surface area contributed by atoms with E-state index in [2.05, 4.69) is 0 Å². The molecule has 0 saturated carbocycles. The molecule has 0 radical (unpaired) electrons. The monoisotopic (exact) mass is 323 g/mol. The lowest BCUT2D eigenvalue weighted by molar-refractivity contribution is 0.0773. The highest BCUT2D eigenvalue weighted by Gasteiger charge is 2.12. The maximum Gasteiger partial charge on any atom is 0.253 e. The quantitative estimate of drug-likeness (QED) is 0.706. The van der Waals surface area contributed by atoms with Gasteiger partial charge in [0.25, 0.3) is 5.91 Å². The van der Waals surface area contributed by atoms with Crippen molar-refractivity contribution in [1.29, 1.82) is 0 Å². The number of hydrogen-bond donors (Lipinski definition) is 0. The molecule has 0 spiro atoms. The predicted molar refractivity (Wildman–Crippen MR) is 92.8 cm³/mol. The average Bonchev–Trinajstić information content (AvgIpc) is 2.62. The summed E-state index contributed by atoms with van der Waals surface area (Å²) in [6, 6.07) is 19.8. The number of fused-ring (bicyclic) bond motifs is 1. The molecule has 0 aromatic heterocycles. The third-order valence-corrected chi connectivity index (χ3v) is 3.86. The number of ether oxygens (including phenoxy) is 1. The van der Waals surface area contributed by atoms with Crippen molar-refractivity contribution in [2.24, 2.45) is 0 Å². The molecular weight excluding hydrogens is 305 g/mol. The summed E-state index contributed by atoms with van der Waals surface area (Å²) in [5.41, 5.74) is 0.627. The first-order chi connectivity index (χ1) is 11.6. The van der Waals surface area contributed by atoms with Crippen molar-refractivity contribution in [2.45, 2.75) is 0 Å². The van der Waals surface area contributed by atoms with E-state index in [0.717, 1.165) is 10.8 Å². The molecule has 0 N–H and O–H groups in total. The molecule has 0 aliphatic carbocycles. The van der Waals surface area contributed by atoms with E-state index in [-0.39, 0.29) is 18.3 Å². The SMILES string of the molecule is CN(CCOc1ccccc1F)C(=O)c1ccc2ccccc2c1. The molecule has 24 heavy (non-hydrogen) atoms. The zero-order valence-corrected chi connectivity index (χ0v) is 13.4. The number of carbonyl (C=O) groups excluding carboxylic acids is 1. The van der Waals surface area contributed by atoms with Gasteiger partial charge in [-0.25, -0.2) is 4.39 Å². The first kappa shape index (κ1) is 16.0. The topological polar surface area (TPSA) is 29.5 Å². The molecule has 122 valence electrons. The van der Waals surface area contributed by atoms with Crippen LogP contribution in [-0.2, 0) is 0 Å². The smallest absolute Gasteiger partial charge is 0.253 e. The second-order valence-corrected chi connectivity index (χ2v) is 5.57. The Morgan fingerprint density at radius 3 is 2.50 bits per heavy atom. The zero-order chi connectivity index (χ0) is 16.9. The molecular formula is C20H18FNO2. The molecule has 1 amide bonds. The van der Waals surface area contributed by atoms with Crippen LogP contribution in [0.15, 0.2) is 66.7 Å². The van der Waals surface area contributed by atoms with Gasteiger partial charge in [0.05, 0.1) is 6.54 Å². The van der Waals surface area contributed by atoms with Crippen molar-refractivity contribution in [3.63, 3.8) is 0 Å². The van der Waals surface area contributed by atoms with Gasteiger partial charge >= 0.3 is 0 Å². The third kappa shape index (κ3) is 3.54. The fourth-order valence-electron chi connectivity index (χ4n) is 2.50. The molecule has 0 atom stereocenters. The highest BCUT2D eigenvalue weighted by atomic mass is 19.1. The summed E-state index contributed by atoms with van der Waals surface area (Å²) in [5, 5.41) is 2.12. The van der Waals surface area contributed by atoms with E-state index in [0.29, 0.717) is 12.1 Å². The van der Waals surface area contributed by atoms with Gasteiger partial charge in [-0.2, -0.15) is 0 Å². The van der Waals surface area contributed by atoms with Crippen LogP contribution in [0.4, 0.5) is 4.39 Å². The Hall–Kier alpha value is -2.88. The number of nitrogens with zero attached hydrogens (tertiary/aromatic N) is 1. The lowest BCUT2D eigenvalue weighted by atomic mass is 10.1. The fourth-order valence-corrected chi connectivity index (χ4v) is 2.50. The summed E-state index contributed by atoms with van der Waals surface area (Å²) in [7, 11) is 1.71. The molecule has 0 saturated heterocycles. The van der Waals surface area contributed by atoms with Crippen molar-refractivity contribution < 1.29 is 13.9 Å². The molecule has 0 fully saturated rings. The number of rotatable bonds is 5. The van der Waals surface area contributed by atoms with Crippen molar-refractivity contribution in [1.82, 2.24) is 4.90 Å². The Bertz CT molecular complexity index is 863. The Morgan fingerprint density at radius 2 is 1.71 bits per heavy atom. The van der Waals surface area contributed by atoms with E-state index < -0.39 is 5.82 Å². The van der Waals surface area contributed by atoms with Crippen LogP contribution in [0, 0.1) is 5.82 Å². The highest BCUT2D eigenvalue weighted by molar-refractivity contribution is 5.98. The highest BCUT2D eigenvalue weighted by Crippen LogP contribution is 2.17. The Balaban J connectivity index is 1.62. The van der Waals surface area contributed by atoms with Crippen LogP contribution in [0.5, 0.6) is 5.75 Å². The molecule has 0 unspecified atom stereocenters. The van der Waals surface area contributed by atoms with Crippen LogP contribution < -0.4 is 4.74 Å². The molecule has 4 heteroatoms. The number of para-hydroxylation sites is 1. The molecule has 3 rings (SSSR count).